The van der Waals surface area contributed by atoms with Gasteiger partial charge in [0.15, 0.2) is 0 Å². The minimum absolute atomic E-state index is 0.156. The molecular weight excluding hydrogens is 1680 g/mol. The highest BCUT2D eigenvalue weighted by Gasteiger charge is 2.26. The predicted molar refractivity (Wildman–Crippen MR) is 508 cm³/mol. The molecule has 32 heteroatoms. The Labute approximate surface area is 760 Å². The lowest BCUT2D eigenvalue weighted by Gasteiger charge is -2.18. The quantitative estimate of drug-likeness (QED) is 0.0211. The summed E-state index contributed by atoms with van der Waals surface area (Å²) in [7, 11) is 14.7. The maximum absolute atomic E-state index is 12.4. The molecular formula is C100H100N20O12. The van der Waals surface area contributed by atoms with Gasteiger partial charge in [-0.1, -0.05) is 119 Å². The normalized spacial score (nSPS) is 10.9. The molecule has 16 rings (SSSR count). The zero-order valence-corrected chi connectivity index (χ0v) is 75.0. The standard InChI is InChI=1S/4C25H25N5O3/c4*1-16-4-8-18(9-5-16)25(33)27-19-10-6-17(7-11-19)14-21-28-24(29(2)3)20(15-22(31)32)23-26-12-13-30(21)23/h4*4-13H,14-15H2,1-3H3,(H,27,33)(H,31,32)/i2+1,3+1,22+1;22+1,25+1;2+1,3+1;22+1. The SMILES string of the molecule is Cc1ccc(C(=O)Nc2ccc(Cc3nc(N(C)C)c(C[13C](=O)O)c4nccn34)cc2)cc1.Cc1ccc(C(=O)Nc2ccc(Cc3nc(N([13CH3])[13CH3])c(CC(=O)O)c4nccn34)cc2)cc1.Cc1ccc(C(=O)Nc2ccc(Cc3nc(N([13CH3])[13CH3])c(C[13C](=O)O)c4nccn34)cc2)cc1.Cc1ccc([13C](=O)Nc2ccc(Cc3nc(N(C)C)c(C[13C](=O)O)c4nccn34)cc2)cc1. The van der Waals surface area contributed by atoms with Crippen LogP contribution >= 0.6 is 0 Å². The van der Waals surface area contributed by atoms with Crippen molar-refractivity contribution in [1.82, 2.24) is 57.5 Å². The highest BCUT2D eigenvalue weighted by Crippen LogP contribution is 2.31. The van der Waals surface area contributed by atoms with Crippen LogP contribution in [0.5, 0.6) is 0 Å². The topological polar surface area (TPSA) is 399 Å². The molecule has 16 aromatic rings. The number of nitrogens with one attached hydrogen (secondary N) is 4. The maximum atomic E-state index is 12.4. The number of imidazole rings is 4. The Morgan fingerprint density at radius 3 is 0.598 bits per heavy atom. The first-order valence-electron chi connectivity index (χ1n) is 42.1. The van der Waals surface area contributed by atoms with Crippen molar-refractivity contribution in [2.45, 2.75) is 79.1 Å². The van der Waals surface area contributed by atoms with Gasteiger partial charge in [-0.2, -0.15) is 0 Å². The number of carbonyl (C=O) groups is 8. The molecule has 0 fully saturated rings. The molecule has 8 N–H and O–H groups in total. The lowest BCUT2D eigenvalue weighted by Crippen LogP contribution is -2.19. The number of amides is 4. The summed E-state index contributed by atoms with van der Waals surface area (Å²) < 4.78 is 7.33. The largest absolute Gasteiger partial charge is 0.481 e. The number of aromatic nitrogens is 12. The summed E-state index contributed by atoms with van der Waals surface area (Å²) in [6.45, 7) is 7.92. The second-order valence-corrected chi connectivity index (χ2v) is 32.4. The maximum Gasteiger partial charge on any atom is 0.308 e. The number of hydrogen-bond acceptors (Lipinski definition) is 20. The molecule has 8 aromatic carbocycles. The van der Waals surface area contributed by atoms with E-state index in [9.17, 15) is 58.8 Å². The third-order valence-electron chi connectivity index (χ3n) is 21.3. The molecule has 0 aliphatic rings. The first-order valence-corrected chi connectivity index (χ1v) is 42.1. The molecule has 0 spiro atoms. The van der Waals surface area contributed by atoms with Crippen molar-refractivity contribution in [3.05, 3.63) is 356 Å². The molecule has 672 valence electrons. The summed E-state index contributed by atoms with van der Waals surface area (Å²) in [5, 5.41) is 49.0. The molecule has 8 aromatic heterocycles. The van der Waals surface area contributed by atoms with Gasteiger partial charge in [-0.05, 0) is 147 Å². The monoisotopic (exact) mass is 1780 g/mol. The number of aryl methyl sites for hydroxylation is 4. The zero-order chi connectivity index (χ0) is 94.1. The van der Waals surface area contributed by atoms with E-state index in [0.29, 0.717) is 139 Å². The smallest absolute Gasteiger partial charge is 0.308 e. The Hall–Kier alpha value is -16.8. The highest BCUT2D eigenvalue weighted by molar-refractivity contribution is 6.06. The van der Waals surface area contributed by atoms with Crippen LogP contribution in [0.2, 0.25) is 0 Å². The fourth-order valence-corrected chi connectivity index (χ4v) is 14.7. The van der Waals surface area contributed by atoms with Crippen LogP contribution < -0.4 is 40.9 Å². The van der Waals surface area contributed by atoms with E-state index in [1.54, 1.807) is 118 Å². The summed E-state index contributed by atoms with van der Waals surface area (Å²) in [4.78, 5) is 139. The molecule has 32 nitrogen and oxygen atoms in total. The Morgan fingerprint density at radius 1 is 0.265 bits per heavy atom. The van der Waals surface area contributed by atoms with Crippen molar-refractivity contribution >= 4 is 116 Å². The van der Waals surface area contributed by atoms with Gasteiger partial charge in [0.05, 0.1) is 25.7 Å². The number of hydrogen-bond donors (Lipinski definition) is 8. The fraction of sp³-hybridized carbons (Fsp3) is 0.200. The van der Waals surface area contributed by atoms with Crippen LogP contribution in [0, 0.1) is 27.7 Å². The summed E-state index contributed by atoms with van der Waals surface area (Å²) in [6.07, 6.45) is 15.2. The van der Waals surface area contributed by atoms with Crippen molar-refractivity contribution in [3.8, 4) is 0 Å². The summed E-state index contributed by atoms with van der Waals surface area (Å²) in [5.41, 5.74) is 18.3. The second kappa shape index (κ2) is 41.8. The van der Waals surface area contributed by atoms with Gasteiger partial charge < -0.3 is 61.3 Å². The van der Waals surface area contributed by atoms with Gasteiger partial charge >= 0.3 is 23.9 Å². The number of nitrogens with zero attached hydrogens (tertiary/aromatic N) is 16. The number of fused-ring (bicyclic) bond motifs is 4. The fourth-order valence-electron chi connectivity index (χ4n) is 14.7. The lowest BCUT2D eigenvalue weighted by atomic mass is 10.1. The number of benzene rings is 8. The van der Waals surface area contributed by atoms with Crippen molar-refractivity contribution in [2.75, 3.05) is 97.2 Å². The van der Waals surface area contributed by atoms with E-state index in [0.717, 1.165) is 67.8 Å². The number of carboxylic acids is 4. The van der Waals surface area contributed by atoms with Crippen molar-refractivity contribution in [3.63, 3.8) is 0 Å². The van der Waals surface area contributed by atoms with Crippen LogP contribution in [0.3, 0.4) is 0 Å². The van der Waals surface area contributed by atoms with Crippen molar-refractivity contribution < 1.29 is 58.8 Å². The first-order chi connectivity index (χ1) is 63.3. The third-order valence-corrected chi connectivity index (χ3v) is 21.3. The molecule has 0 saturated heterocycles. The minimum atomic E-state index is -0.930. The summed E-state index contributed by atoms with van der Waals surface area (Å²) in [6, 6.07) is 60.1. The molecule has 0 bridgehead atoms. The molecule has 0 saturated carbocycles. The van der Waals surface area contributed by atoms with Crippen LogP contribution in [0.15, 0.2) is 244 Å². The van der Waals surface area contributed by atoms with Gasteiger partial charge in [0.25, 0.3) is 23.6 Å². The number of carbonyl (C=O) groups excluding carboxylic acids is 4. The molecule has 132 heavy (non-hydrogen) atoms. The Bertz CT molecular complexity index is 6060. The van der Waals surface area contributed by atoms with Gasteiger partial charge in [-0.25, -0.2) is 39.9 Å². The summed E-state index contributed by atoms with van der Waals surface area (Å²) in [5.74, 6) is 1.000. The van der Waals surface area contributed by atoms with Crippen molar-refractivity contribution in [2.24, 2.45) is 0 Å². The van der Waals surface area contributed by atoms with Gasteiger partial charge in [0, 0.05) is 199 Å². The number of carboxylic acid groups (broad SMARTS) is 4. The predicted octanol–water partition coefficient (Wildman–Crippen LogP) is 14.3. The zero-order valence-electron chi connectivity index (χ0n) is 75.0. The van der Waals surface area contributed by atoms with Gasteiger partial charge in [0.2, 0.25) is 0 Å². The molecule has 0 atom stereocenters. The molecule has 0 aliphatic heterocycles. The Balaban J connectivity index is 0.000000150. The minimum Gasteiger partial charge on any atom is -0.481 e. The number of anilines is 8. The Kier molecular flexibility index (Phi) is 29.4. The van der Waals surface area contributed by atoms with Gasteiger partial charge in [0.1, 0.15) is 69.2 Å². The van der Waals surface area contributed by atoms with E-state index in [2.05, 4.69) is 41.2 Å². The van der Waals surface area contributed by atoms with E-state index >= 15 is 0 Å². The number of aliphatic carboxylic acids is 4. The van der Waals surface area contributed by atoms with Crippen LogP contribution in [0.1, 0.15) is 131 Å². The lowest BCUT2D eigenvalue weighted by molar-refractivity contribution is -0.137. The third kappa shape index (κ3) is 23.3. The van der Waals surface area contributed by atoms with Crippen LogP contribution in [0.4, 0.5) is 46.0 Å². The molecule has 0 radical (unpaired) electrons. The average Bonchev–Trinajstić information content (AvgIpc) is 1.55. The van der Waals surface area contributed by atoms with Crippen LogP contribution in [0.25, 0.3) is 22.6 Å². The summed E-state index contributed by atoms with van der Waals surface area (Å²) >= 11 is 0. The van der Waals surface area contributed by atoms with Crippen LogP contribution in [-0.2, 0) is 70.5 Å². The Morgan fingerprint density at radius 2 is 0.439 bits per heavy atom. The van der Waals surface area contributed by atoms with E-state index in [1.165, 1.54) is 0 Å². The molecule has 4 amide bonds. The molecule has 0 unspecified atom stereocenters. The van der Waals surface area contributed by atoms with E-state index in [4.69, 9.17) is 19.9 Å². The van der Waals surface area contributed by atoms with Crippen LogP contribution in [-0.4, -0.2) is 182 Å². The van der Waals surface area contributed by atoms with E-state index < -0.39 is 23.9 Å². The average molecular weight is 1780 g/mol. The second-order valence-electron chi connectivity index (χ2n) is 32.4. The number of rotatable bonds is 28. The van der Waals surface area contributed by atoms with Crippen molar-refractivity contribution in [1.29, 1.82) is 0 Å². The molecule has 0 aliphatic carbocycles. The van der Waals surface area contributed by atoms with Gasteiger partial charge in [-0.3, -0.25) is 56.0 Å². The molecule has 8 heterocycles. The van der Waals surface area contributed by atoms with Gasteiger partial charge in [-0.15, -0.1) is 0 Å². The highest BCUT2D eigenvalue weighted by atomic mass is 16.5. The van der Waals surface area contributed by atoms with E-state index in [-0.39, 0.29) is 49.3 Å². The van der Waals surface area contributed by atoms with E-state index in [1.807, 2.05) is 247 Å². The first kappa shape index (κ1) is 92.9.